The van der Waals surface area contributed by atoms with Crippen molar-refractivity contribution in [1.82, 2.24) is 5.32 Å². The zero-order valence-electron chi connectivity index (χ0n) is 12.9. The number of aryl methyl sites for hydroxylation is 1. The van der Waals surface area contributed by atoms with Crippen LogP contribution in [0.1, 0.15) is 12.5 Å². The summed E-state index contributed by atoms with van der Waals surface area (Å²) in [6.45, 7) is 4.45. The van der Waals surface area contributed by atoms with Crippen LogP contribution in [0.4, 0.5) is 10.1 Å². The molecule has 0 aliphatic rings. The Labute approximate surface area is 145 Å². The van der Waals surface area contributed by atoms with Gasteiger partial charge in [0.05, 0.1) is 11.1 Å². The fourth-order valence-electron chi connectivity index (χ4n) is 1.86. The predicted molar refractivity (Wildman–Crippen MR) is 96.9 cm³/mol. The highest BCUT2D eigenvalue weighted by Crippen LogP contribution is 2.19. The molecule has 0 saturated carbocycles. The minimum Gasteiger partial charge on any atom is -0.491 e. The van der Waals surface area contributed by atoms with Crippen molar-refractivity contribution < 1.29 is 9.13 Å². The molecule has 1 atom stereocenters. The molecule has 0 aromatic heterocycles. The lowest BCUT2D eigenvalue weighted by molar-refractivity contribution is 0.287. The molecule has 2 rings (SSSR count). The van der Waals surface area contributed by atoms with Crippen molar-refractivity contribution in [3.63, 3.8) is 0 Å². The largest absolute Gasteiger partial charge is 0.491 e. The molecular formula is C17H18ClFN2OS. The fraction of sp³-hybridized carbons (Fsp3) is 0.235. The van der Waals surface area contributed by atoms with E-state index in [9.17, 15) is 4.39 Å². The maximum atomic E-state index is 13.1. The Hall–Kier alpha value is -1.85. The van der Waals surface area contributed by atoms with Gasteiger partial charge in [-0.25, -0.2) is 4.39 Å². The molecule has 0 amide bonds. The number of hydrogen-bond acceptors (Lipinski definition) is 2. The van der Waals surface area contributed by atoms with E-state index in [-0.39, 0.29) is 11.1 Å². The van der Waals surface area contributed by atoms with Crippen molar-refractivity contribution in [3.8, 4) is 5.75 Å². The summed E-state index contributed by atoms with van der Waals surface area (Å²) in [5.74, 6) is 0.351. The van der Waals surface area contributed by atoms with Crippen molar-refractivity contribution in [2.24, 2.45) is 0 Å². The van der Waals surface area contributed by atoms with Crippen LogP contribution < -0.4 is 15.4 Å². The molecule has 122 valence electrons. The molecule has 0 saturated heterocycles. The molecule has 2 aromatic carbocycles. The monoisotopic (exact) mass is 352 g/mol. The van der Waals surface area contributed by atoms with Crippen molar-refractivity contribution in [2.75, 3.05) is 11.9 Å². The molecule has 0 aliphatic heterocycles. The van der Waals surface area contributed by atoms with Gasteiger partial charge in [0.2, 0.25) is 0 Å². The van der Waals surface area contributed by atoms with E-state index in [0.29, 0.717) is 17.4 Å². The number of ether oxygens (including phenoxy) is 1. The smallest absolute Gasteiger partial charge is 0.171 e. The van der Waals surface area contributed by atoms with Gasteiger partial charge in [-0.1, -0.05) is 29.3 Å². The van der Waals surface area contributed by atoms with Crippen LogP contribution in [0.5, 0.6) is 5.75 Å². The molecule has 0 fully saturated rings. The molecule has 2 N–H and O–H groups in total. The third-order valence-corrected chi connectivity index (χ3v) is 3.59. The first kappa shape index (κ1) is 17.5. The summed E-state index contributed by atoms with van der Waals surface area (Å²) >= 11 is 11.0. The van der Waals surface area contributed by atoms with E-state index in [1.807, 2.05) is 38.1 Å². The quantitative estimate of drug-likeness (QED) is 0.774. The van der Waals surface area contributed by atoms with Gasteiger partial charge in [-0.05, 0) is 56.4 Å². The van der Waals surface area contributed by atoms with Crippen LogP contribution in [-0.4, -0.2) is 17.8 Å². The molecular weight excluding hydrogens is 335 g/mol. The topological polar surface area (TPSA) is 33.3 Å². The van der Waals surface area contributed by atoms with Gasteiger partial charge in [-0.15, -0.1) is 0 Å². The maximum absolute atomic E-state index is 13.1. The summed E-state index contributed by atoms with van der Waals surface area (Å²) in [6.07, 6.45) is 0. The Kier molecular flexibility index (Phi) is 6.19. The van der Waals surface area contributed by atoms with Crippen molar-refractivity contribution in [1.29, 1.82) is 0 Å². The van der Waals surface area contributed by atoms with Crippen molar-refractivity contribution >= 4 is 34.6 Å². The van der Waals surface area contributed by atoms with E-state index in [1.54, 1.807) is 6.07 Å². The number of nitrogens with one attached hydrogen (secondary N) is 2. The Morgan fingerprint density at radius 3 is 2.61 bits per heavy atom. The van der Waals surface area contributed by atoms with Gasteiger partial charge < -0.3 is 15.4 Å². The Bertz CT molecular complexity index is 679. The van der Waals surface area contributed by atoms with E-state index in [2.05, 4.69) is 10.6 Å². The van der Waals surface area contributed by atoms with Gasteiger partial charge in [0, 0.05) is 5.69 Å². The zero-order chi connectivity index (χ0) is 16.8. The highest BCUT2D eigenvalue weighted by Gasteiger charge is 2.07. The van der Waals surface area contributed by atoms with E-state index in [0.717, 1.165) is 5.75 Å². The molecule has 0 aliphatic carbocycles. The SMILES string of the molecule is Cc1ccc(OCC(C)NC(=S)Nc2ccc(F)c(Cl)c2)cc1. The van der Waals surface area contributed by atoms with Crippen LogP contribution in [-0.2, 0) is 0 Å². The zero-order valence-corrected chi connectivity index (χ0v) is 14.5. The molecule has 0 heterocycles. The van der Waals surface area contributed by atoms with E-state index in [1.165, 1.54) is 17.7 Å². The second kappa shape index (κ2) is 8.13. The van der Waals surface area contributed by atoms with Gasteiger partial charge in [-0.2, -0.15) is 0 Å². The highest BCUT2D eigenvalue weighted by atomic mass is 35.5. The van der Waals surface area contributed by atoms with Crippen LogP contribution in [0.2, 0.25) is 5.02 Å². The number of benzene rings is 2. The first-order valence-corrected chi connectivity index (χ1v) is 7.94. The van der Waals surface area contributed by atoms with Crippen LogP contribution in [0.3, 0.4) is 0 Å². The summed E-state index contributed by atoms with van der Waals surface area (Å²) in [7, 11) is 0. The number of halogens is 2. The average molecular weight is 353 g/mol. The lowest BCUT2D eigenvalue weighted by atomic mass is 10.2. The molecule has 2 aromatic rings. The van der Waals surface area contributed by atoms with E-state index in [4.69, 9.17) is 28.6 Å². The number of anilines is 1. The highest BCUT2D eigenvalue weighted by molar-refractivity contribution is 7.80. The van der Waals surface area contributed by atoms with Crippen molar-refractivity contribution in [3.05, 3.63) is 58.9 Å². The first-order valence-electron chi connectivity index (χ1n) is 7.16. The molecule has 0 spiro atoms. The summed E-state index contributed by atoms with van der Waals surface area (Å²) < 4.78 is 18.8. The number of rotatable bonds is 5. The molecule has 1 unspecified atom stereocenters. The summed E-state index contributed by atoms with van der Waals surface area (Å²) in [4.78, 5) is 0. The minimum atomic E-state index is -0.462. The van der Waals surface area contributed by atoms with Gasteiger partial charge in [0.15, 0.2) is 5.11 Å². The third kappa shape index (κ3) is 5.69. The normalized spacial score (nSPS) is 11.7. The molecule has 6 heteroatoms. The third-order valence-electron chi connectivity index (χ3n) is 3.08. The van der Waals surface area contributed by atoms with Gasteiger partial charge in [0.25, 0.3) is 0 Å². The maximum Gasteiger partial charge on any atom is 0.171 e. The summed E-state index contributed by atoms with van der Waals surface area (Å²) in [5, 5.41) is 6.54. The van der Waals surface area contributed by atoms with E-state index >= 15 is 0 Å². The Morgan fingerprint density at radius 1 is 1.26 bits per heavy atom. The number of hydrogen-bond donors (Lipinski definition) is 2. The lowest BCUT2D eigenvalue weighted by Crippen LogP contribution is -2.39. The van der Waals surface area contributed by atoms with Crippen LogP contribution in [0.25, 0.3) is 0 Å². The van der Waals surface area contributed by atoms with Gasteiger partial charge in [0.1, 0.15) is 18.2 Å². The Morgan fingerprint density at radius 2 is 1.96 bits per heavy atom. The van der Waals surface area contributed by atoms with Crippen LogP contribution in [0.15, 0.2) is 42.5 Å². The molecule has 23 heavy (non-hydrogen) atoms. The van der Waals surface area contributed by atoms with E-state index < -0.39 is 5.82 Å². The Balaban J connectivity index is 1.79. The summed E-state index contributed by atoms with van der Waals surface area (Å²) in [6, 6.07) is 12.2. The summed E-state index contributed by atoms with van der Waals surface area (Å²) in [5.41, 5.74) is 1.81. The second-order valence-electron chi connectivity index (χ2n) is 5.25. The molecule has 0 bridgehead atoms. The van der Waals surface area contributed by atoms with Crippen LogP contribution >= 0.6 is 23.8 Å². The van der Waals surface area contributed by atoms with Crippen LogP contribution in [0, 0.1) is 12.7 Å². The van der Waals surface area contributed by atoms with Gasteiger partial charge >= 0.3 is 0 Å². The average Bonchev–Trinajstić information content (AvgIpc) is 2.50. The second-order valence-corrected chi connectivity index (χ2v) is 6.07. The fourth-order valence-corrected chi connectivity index (χ4v) is 2.36. The first-order chi connectivity index (χ1) is 10.9. The number of thiocarbonyl (C=S) groups is 1. The minimum absolute atomic E-state index is 0.00669. The van der Waals surface area contributed by atoms with Gasteiger partial charge in [-0.3, -0.25) is 0 Å². The van der Waals surface area contributed by atoms with Crippen molar-refractivity contribution in [2.45, 2.75) is 19.9 Å². The predicted octanol–water partition coefficient (Wildman–Crippen LogP) is 4.54. The lowest BCUT2D eigenvalue weighted by Gasteiger charge is -2.18. The molecule has 0 radical (unpaired) electrons. The standard InChI is InChI=1S/C17H18ClFN2OS/c1-11-3-6-14(7-4-11)22-10-12(2)20-17(23)21-13-5-8-16(19)15(18)9-13/h3-9,12H,10H2,1-2H3,(H2,20,21,23). The molecule has 3 nitrogen and oxygen atoms in total.